The van der Waals surface area contributed by atoms with Gasteiger partial charge < -0.3 is 10.2 Å². The van der Waals surface area contributed by atoms with Gasteiger partial charge in [0.05, 0.1) is 29.3 Å². The van der Waals surface area contributed by atoms with Crippen LogP contribution in [0.25, 0.3) is 0 Å². The van der Waals surface area contributed by atoms with Crippen LogP contribution in [-0.4, -0.2) is 29.5 Å². The first-order chi connectivity index (χ1) is 14.9. The molecule has 0 unspecified atom stereocenters. The van der Waals surface area contributed by atoms with Gasteiger partial charge in [-0.25, -0.2) is 0 Å². The Morgan fingerprint density at radius 2 is 1.75 bits per heavy atom. The highest BCUT2D eigenvalue weighted by Crippen LogP contribution is 2.39. The molecule has 0 spiro atoms. The Bertz CT molecular complexity index is 1140. The smallest absolute Gasteiger partial charge is 0.359 e. The summed E-state index contributed by atoms with van der Waals surface area (Å²) in [4.78, 5) is 27.4. The van der Waals surface area contributed by atoms with Crippen molar-refractivity contribution in [2.75, 3.05) is 16.8 Å². The van der Waals surface area contributed by atoms with Gasteiger partial charge in [-0.1, -0.05) is 12.1 Å². The number of carbonyl (C=O) groups is 2. The van der Waals surface area contributed by atoms with Crippen LogP contribution in [0.4, 0.5) is 24.5 Å². The van der Waals surface area contributed by atoms with Crippen molar-refractivity contribution in [2.24, 2.45) is 0 Å². The van der Waals surface area contributed by atoms with Crippen LogP contribution in [0.5, 0.6) is 0 Å². The highest BCUT2D eigenvalue weighted by molar-refractivity contribution is 7.81. The van der Waals surface area contributed by atoms with Crippen molar-refractivity contribution in [3.05, 3.63) is 59.2 Å². The molecule has 1 aliphatic rings. The number of rotatable bonds is 4. The number of hydrogen-bond acceptors (Lipinski definition) is 4. The molecule has 3 rings (SSSR count). The van der Waals surface area contributed by atoms with Gasteiger partial charge >= 0.3 is 6.18 Å². The molecule has 1 aliphatic heterocycles. The maximum absolute atomic E-state index is 13.4. The van der Waals surface area contributed by atoms with Gasteiger partial charge in [-0.3, -0.25) is 14.5 Å². The summed E-state index contributed by atoms with van der Waals surface area (Å²) in [5.41, 5.74) is -1.61. The number of hydrogen-bond donors (Lipinski definition) is 1. The molecule has 0 bridgehead atoms. The Labute approximate surface area is 188 Å². The van der Waals surface area contributed by atoms with Crippen LogP contribution in [-0.2, 0) is 22.2 Å². The van der Waals surface area contributed by atoms with E-state index in [1.807, 2.05) is 0 Å². The molecule has 166 valence electrons. The fourth-order valence-corrected chi connectivity index (χ4v) is 4.02. The van der Waals surface area contributed by atoms with Crippen molar-refractivity contribution in [1.82, 2.24) is 5.32 Å². The lowest BCUT2D eigenvalue weighted by Crippen LogP contribution is -2.44. The van der Waals surface area contributed by atoms with Gasteiger partial charge in [0.15, 0.2) is 5.11 Å². The van der Waals surface area contributed by atoms with E-state index in [0.29, 0.717) is 5.69 Å². The van der Waals surface area contributed by atoms with Crippen molar-refractivity contribution in [3.63, 3.8) is 0 Å². The van der Waals surface area contributed by atoms with Crippen LogP contribution in [0.3, 0.4) is 0 Å². The number of halogens is 3. The summed E-state index contributed by atoms with van der Waals surface area (Å²) in [6, 6.07) is 11.4. The normalized spacial score (nSPS) is 15.7. The van der Waals surface area contributed by atoms with Crippen LogP contribution >= 0.6 is 12.2 Å². The van der Waals surface area contributed by atoms with E-state index in [1.165, 1.54) is 19.2 Å². The lowest BCUT2D eigenvalue weighted by Gasteiger charge is -2.29. The molecular weight excluding hydrogens is 441 g/mol. The number of thiocarbonyl (C=S) groups is 1. The SMILES string of the molecule is CNC(=O)Cc1ccc(N2C(=S)N(c3ccc(C#N)c(C(F)(F)F)c3)C(=O)C2(C)C)cc1. The summed E-state index contributed by atoms with van der Waals surface area (Å²) < 4.78 is 40.3. The van der Waals surface area contributed by atoms with Gasteiger partial charge in [-0.05, 0) is 62.0 Å². The highest BCUT2D eigenvalue weighted by Gasteiger charge is 2.50. The summed E-state index contributed by atoms with van der Waals surface area (Å²) in [5, 5.41) is 11.6. The van der Waals surface area contributed by atoms with Gasteiger partial charge in [0.2, 0.25) is 5.91 Å². The van der Waals surface area contributed by atoms with Crippen LogP contribution in [0.1, 0.15) is 30.5 Å². The lowest BCUT2D eigenvalue weighted by atomic mass is 10.0. The first-order valence-corrected chi connectivity index (χ1v) is 9.92. The molecule has 0 radical (unpaired) electrons. The van der Waals surface area contributed by atoms with Crippen molar-refractivity contribution < 1.29 is 22.8 Å². The number of benzene rings is 2. The monoisotopic (exact) mass is 460 g/mol. The van der Waals surface area contributed by atoms with E-state index < -0.39 is 28.7 Å². The number of anilines is 2. The minimum absolute atomic E-state index is 0.0110. The van der Waals surface area contributed by atoms with E-state index in [1.54, 1.807) is 43.0 Å². The number of nitrogens with zero attached hydrogens (tertiary/aromatic N) is 3. The molecular formula is C22H19F3N4O2S. The topological polar surface area (TPSA) is 76.4 Å². The molecule has 32 heavy (non-hydrogen) atoms. The van der Waals surface area contributed by atoms with Gasteiger partial charge in [0.1, 0.15) is 5.54 Å². The molecule has 1 heterocycles. The second kappa shape index (κ2) is 8.24. The summed E-state index contributed by atoms with van der Waals surface area (Å²) >= 11 is 5.49. The third-order valence-electron chi connectivity index (χ3n) is 5.19. The molecule has 10 heteroatoms. The second-order valence-corrected chi connectivity index (χ2v) is 8.04. The average molecular weight is 460 g/mol. The molecule has 2 amide bonds. The van der Waals surface area contributed by atoms with Crippen molar-refractivity contribution in [2.45, 2.75) is 32.0 Å². The van der Waals surface area contributed by atoms with Crippen molar-refractivity contribution in [3.8, 4) is 6.07 Å². The zero-order valence-electron chi connectivity index (χ0n) is 17.4. The second-order valence-electron chi connectivity index (χ2n) is 7.67. The molecule has 0 atom stereocenters. The fourth-order valence-electron chi connectivity index (χ4n) is 3.50. The van der Waals surface area contributed by atoms with Crippen molar-refractivity contribution >= 4 is 40.5 Å². The third kappa shape index (κ3) is 4.03. The minimum atomic E-state index is -4.76. The summed E-state index contributed by atoms with van der Waals surface area (Å²) in [6.07, 6.45) is -4.58. The number of amides is 2. The van der Waals surface area contributed by atoms with Crippen molar-refractivity contribution in [1.29, 1.82) is 5.26 Å². The van der Waals surface area contributed by atoms with Gasteiger partial charge in [-0.15, -0.1) is 0 Å². The zero-order chi connectivity index (χ0) is 23.8. The van der Waals surface area contributed by atoms with Gasteiger partial charge in [0, 0.05) is 12.7 Å². The Hall–Kier alpha value is -3.45. The summed E-state index contributed by atoms with van der Waals surface area (Å²) in [5.74, 6) is -0.660. The molecule has 0 aliphatic carbocycles. The van der Waals surface area contributed by atoms with E-state index in [9.17, 15) is 22.8 Å². The summed E-state index contributed by atoms with van der Waals surface area (Å²) in [7, 11) is 1.54. The number of nitriles is 1. The van der Waals surface area contributed by atoms with E-state index >= 15 is 0 Å². The molecule has 0 aromatic heterocycles. The molecule has 2 aromatic rings. The number of likely N-dealkylation sites (N-methyl/N-ethyl adjacent to an activating group) is 1. The Kier molecular flexibility index (Phi) is 5.98. The molecule has 1 N–H and O–H groups in total. The Morgan fingerprint density at radius 3 is 2.28 bits per heavy atom. The minimum Gasteiger partial charge on any atom is -0.359 e. The standard InChI is InChI=1S/C22H19F3N4O2S/c1-21(2)19(31)28(16-9-6-14(12-26)17(11-16)22(23,24)25)20(32)29(21)15-7-4-13(5-8-15)10-18(30)27-3/h4-9,11H,10H2,1-3H3,(H,27,30). The molecule has 1 saturated heterocycles. The average Bonchev–Trinajstić information content (AvgIpc) is 2.91. The maximum Gasteiger partial charge on any atom is 0.417 e. The van der Waals surface area contributed by atoms with Gasteiger partial charge in [-0.2, -0.15) is 18.4 Å². The Balaban J connectivity index is 2.01. The lowest BCUT2D eigenvalue weighted by molar-refractivity contribution is -0.137. The van der Waals surface area contributed by atoms with E-state index in [4.69, 9.17) is 17.5 Å². The number of nitrogens with one attached hydrogen (secondary N) is 1. The largest absolute Gasteiger partial charge is 0.417 e. The van der Waals surface area contributed by atoms with E-state index in [2.05, 4.69) is 5.32 Å². The maximum atomic E-state index is 13.4. The zero-order valence-corrected chi connectivity index (χ0v) is 18.3. The van der Waals surface area contributed by atoms with Crippen LogP contribution in [0.2, 0.25) is 0 Å². The van der Waals surface area contributed by atoms with Crippen LogP contribution in [0.15, 0.2) is 42.5 Å². The number of alkyl halides is 3. The first-order valence-electron chi connectivity index (χ1n) is 9.51. The van der Waals surface area contributed by atoms with E-state index in [-0.39, 0.29) is 23.1 Å². The van der Waals surface area contributed by atoms with E-state index in [0.717, 1.165) is 22.6 Å². The molecule has 2 aromatic carbocycles. The van der Waals surface area contributed by atoms with Crippen LogP contribution in [0, 0.1) is 11.3 Å². The highest BCUT2D eigenvalue weighted by atomic mass is 32.1. The quantitative estimate of drug-likeness (QED) is 0.703. The predicted octanol–water partition coefficient (Wildman–Crippen LogP) is 3.78. The predicted molar refractivity (Wildman–Crippen MR) is 117 cm³/mol. The van der Waals surface area contributed by atoms with Gasteiger partial charge in [0.25, 0.3) is 5.91 Å². The molecule has 0 saturated carbocycles. The summed E-state index contributed by atoms with van der Waals surface area (Å²) in [6.45, 7) is 3.24. The Morgan fingerprint density at radius 1 is 1.16 bits per heavy atom. The molecule has 6 nitrogen and oxygen atoms in total. The van der Waals surface area contributed by atoms with Crippen LogP contribution < -0.4 is 15.1 Å². The number of carbonyl (C=O) groups excluding carboxylic acids is 2. The fraction of sp³-hybridized carbons (Fsp3) is 0.273. The first kappa shape index (κ1) is 23.2. The third-order valence-corrected chi connectivity index (χ3v) is 5.56. The molecule has 1 fully saturated rings.